The summed E-state index contributed by atoms with van der Waals surface area (Å²) in [4.78, 5) is 31.0. The van der Waals surface area contributed by atoms with Crippen molar-refractivity contribution in [3.05, 3.63) is 80.1 Å². The van der Waals surface area contributed by atoms with Crippen LogP contribution in [0, 0.1) is 0 Å². The average Bonchev–Trinajstić information content (AvgIpc) is 3.07. The molecule has 160 valence electrons. The van der Waals surface area contributed by atoms with Gasteiger partial charge in [-0.25, -0.2) is 0 Å². The minimum absolute atomic E-state index is 0.133. The highest BCUT2D eigenvalue weighted by atomic mass is 79.9. The summed E-state index contributed by atoms with van der Waals surface area (Å²) in [7, 11) is 0. The van der Waals surface area contributed by atoms with E-state index < -0.39 is 6.04 Å². The highest BCUT2D eigenvalue weighted by Crippen LogP contribution is 2.38. The first kappa shape index (κ1) is 20.4. The van der Waals surface area contributed by atoms with Crippen molar-refractivity contribution in [2.45, 2.75) is 12.5 Å². The van der Waals surface area contributed by atoms with Gasteiger partial charge in [0, 0.05) is 30.7 Å². The summed E-state index contributed by atoms with van der Waals surface area (Å²) in [6.07, 6.45) is 0.817. The molecule has 0 radical (unpaired) electrons. The van der Waals surface area contributed by atoms with E-state index in [0.717, 1.165) is 49.3 Å². The van der Waals surface area contributed by atoms with E-state index >= 15 is 0 Å². The molecule has 0 aliphatic carbocycles. The molecule has 2 aliphatic heterocycles. The topological polar surface area (TPSA) is 63.0 Å². The number of hydrogen-bond acceptors (Lipinski definition) is 5. The molecule has 0 N–H and O–H groups in total. The predicted molar refractivity (Wildman–Crippen MR) is 121 cm³/mol. The highest BCUT2D eigenvalue weighted by Gasteiger charge is 2.42. The van der Waals surface area contributed by atoms with E-state index in [4.69, 9.17) is 9.15 Å². The fraction of sp³-hybridized carbons (Fsp3) is 0.333. The van der Waals surface area contributed by atoms with Crippen LogP contribution in [0.1, 0.15) is 34.1 Å². The first-order valence-electron chi connectivity index (χ1n) is 10.6. The molecule has 1 saturated heterocycles. The molecule has 0 unspecified atom stereocenters. The molecular weight excluding hydrogens is 460 g/mol. The third-order valence-corrected chi connectivity index (χ3v) is 6.51. The number of rotatable bonds is 5. The zero-order valence-corrected chi connectivity index (χ0v) is 18.6. The first-order chi connectivity index (χ1) is 15.1. The number of carbonyl (C=O) groups is 1. The lowest BCUT2D eigenvalue weighted by Crippen LogP contribution is -2.38. The maximum Gasteiger partial charge on any atom is 0.290 e. The van der Waals surface area contributed by atoms with Gasteiger partial charge in [0.2, 0.25) is 5.76 Å². The van der Waals surface area contributed by atoms with Crippen molar-refractivity contribution in [2.75, 3.05) is 39.4 Å². The van der Waals surface area contributed by atoms with Crippen LogP contribution < -0.4 is 5.43 Å². The standard InChI is InChI=1S/C24H23BrN2O4/c25-17-6-3-5-16(15-17)21-20-22(28)18-7-1-2-8-19(18)31-23(20)24(29)27(21)10-4-9-26-11-13-30-14-12-26/h1-3,5-8,15,21H,4,9-14H2/t21-/m1/s1. The van der Waals surface area contributed by atoms with Crippen molar-refractivity contribution < 1.29 is 13.9 Å². The van der Waals surface area contributed by atoms with Gasteiger partial charge in [-0.1, -0.05) is 40.2 Å². The van der Waals surface area contributed by atoms with E-state index in [1.807, 2.05) is 36.4 Å². The van der Waals surface area contributed by atoms with Gasteiger partial charge in [-0.15, -0.1) is 0 Å². The molecule has 7 heteroatoms. The second kappa shape index (κ2) is 8.57. The Bertz CT molecular complexity index is 1190. The Hall–Kier alpha value is -2.48. The number of halogens is 1. The summed E-state index contributed by atoms with van der Waals surface area (Å²) in [6.45, 7) is 4.76. The summed E-state index contributed by atoms with van der Waals surface area (Å²) >= 11 is 3.52. The molecule has 2 aromatic carbocycles. The molecule has 1 amide bonds. The number of amides is 1. The molecule has 31 heavy (non-hydrogen) atoms. The Morgan fingerprint density at radius 2 is 1.81 bits per heavy atom. The lowest BCUT2D eigenvalue weighted by molar-refractivity contribution is 0.0353. The monoisotopic (exact) mass is 482 g/mol. The van der Waals surface area contributed by atoms with Crippen LogP contribution >= 0.6 is 15.9 Å². The lowest BCUT2D eigenvalue weighted by atomic mass is 9.98. The fourth-order valence-corrected chi connectivity index (χ4v) is 4.93. The predicted octanol–water partition coefficient (Wildman–Crippen LogP) is 3.82. The van der Waals surface area contributed by atoms with E-state index in [1.165, 1.54) is 0 Å². The SMILES string of the molecule is O=C1c2oc3ccccc3c(=O)c2[C@@H](c2cccc(Br)c2)N1CCCN1CCOCC1. The molecule has 1 fully saturated rings. The zero-order chi connectivity index (χ0) is 21.4. The van der Waals surface area contributed by atoms with Gasteiger partial charge in [-0.05, 0) is 36.2 Å². The Morgan fingerprint density at radius 1 is 1.00 bits per heavy atom. The number of benzene rings is 2. The van der Waals surface area contributed by atoms with Crippen molar-refractivity contribution in [3.8, 4) is 0 Å². The van der Waals surface area contributed by atoms with Gasteiger partial charge in [-0.3, -0.25) is 14.5 Å². The van der Waals surface area contributed by atoms with Crippen molar-refractivity contribution >= 4 is 32.8 Å². The molecule has 0 saturated carbocycles. The van der Waals surface area contributed by atoms with Gasteiger partial charge in [0.1, 0.15) is 5.58 Å². The summed E-state index contributed by atoms with van der Waals surface area (Å²) in [5.41, 5.74) is 1.65. The third-order valence-electron chi connectivity index (χ3n) is 6.01. The van der Waals surface area contributed by atoms with Crippen LogP contribution in [0.25, 0.3) is 11.0 Å². The number of carbonyl (C=O) groups excluding carboxylic acids is 1. The van der Waals surface area contributed by atoms with Gasteiger partial charge in [0.05, 0.1) is 30.2 Å². The molecule has 3 heterocycles. The van der Waals surface area contributed by atoms with Crippen LogP contribution in [0.3, 0.4) is 0 Å². The summed E-state index contributed by atoms with van der Waals surface area (Å²) < 4.78 is 12.3. The quantitative estimate of drug-likeness (QED) is 0.552. The van der Waals surface area contributed by atoms with E-state index in [0.29, 0.717) is 23.1 Å². The van der Waals surface area contributed by atoms with Crippen LogP contribution in [0.2, 0.25) is 0 Å². The largest absolute Gasteiger partial charge is 0.450 e. The normalized spacial score (nSPS) is 19.2. The summed E-state index contributed by atoms with van der Waals surface area (Å²) in [5.74, 6) is -0.0511. The number of fused-ring (bicyclic) bond motifs is 2. The van der Waals surface area contributed by atoms with Crippen LogP contribution in [-0.2, 0) is 4.74 Å². The smallest absolute Gasteiger partial charge is 0.290 e. The van der Waals surface area contributed by atoms with Crippen LogP contribution in [-0.4, -0.2) is 55.1 Å². The van der Waals surface area contributed by atoms with Gasteiger partial charge < -0.3 is 14.1 Å². The van der Waals surface area contributed by atoms with Gasteiger partial charge in [-0.2, -0.15) is 0 Å². The highest BCUT2D eigenvalue weighted by molar-refractivity contribution is 9.10. The molecule has 2 aliphatic rings. The third kappa shape index (κ3) is 3.82. The minimum atomic E-state index is -0.453. The molecule has 5 rings (SSSR count). The Balaban J connectivity index is 1.53. The second-order valence-electron chi connectivity index (χ2n) is 7.93. The van der Waals surface area contributed by atoms with E-state index in [1.54, 1.807) is 17.0 Å². The lowest BCUT2D eigenvalue weighted by Gasteiger charge is -2.29. The van der Waals surface area contributed by atoms with Crippen molar-refractivity contribution in [3.63, 3.8) is 0 Å². The first-order valence-corrected chi connectivity index (χ1v) is 11.3. The molecule has 6 nitrogen and oxygen atoms in total. The Labute approximate surface area is 188 Å². The van der Waals surface area contributed by atoms with Crippen LogP contribution in [0.4, 0.5) is 0 Å². The average molecular weight is 483 g/mol. The Kier molecular flexibility index (Phi) is 5.65. The van der Waals surface area contributed by atoms with Crippen LogP contribution in [0.15, 0.2) is 62.2 Å². The number of nitrogens with zero attached hydrogens (tertiary/aromatic N) is 2. The van der Waals surface area contributed by atoms with Gasteiger partial charge >= 0.3 is 0 Å². The number of hydrogen-bond donors (Lipinski definition) is 0. The summed E-state index contributed by atoms with van der Waals surface area (Å²) in [6, 6.07) is 14.5. The fourth-order valence-electron chi connectivity index (χ4n) is 4.51. The van der Waals surface area contributed by atoms with Crippen molar-refractivity contribution in [2.24, 2.45) is 0 Å². The zero-order valence-electron chi connectivity index (χ0n) is 17.1. The maximum absolute atomic E-state index is 13.4. The molecule has 1 atom stereocenters. The minimum Gasteiger partial charge on any atom is -0.450 e. The number of morpholine rings is 1. The molecule has 1 aromatic heterocycles. The second-order valence-corrected chi connectivity index (χ2v) is 8.85. The van der Waals surface area contributed by atoms with Crippen molar-refractivity contribution in [1.29, 1.82) is 0 Å². The molecule has 0 bridgehead atoms. The molecule has 3 aromatic rings. The van der Waals surface area contributed by atoms with Gasteiger partial charge in [0.15, 0.2) is 5.43 Å². The van der Waals surface area contributed by atoms with E-state index in [9.17, 15) is 9.59 Å². The number of para-hydroxylation sites is 1. The Morgan fingerprint density at radius 3 is 2.61 bits per heavy atom. The summed E-state index contributed by atoms with van der Waals surface area (Å²) in [5, 5.41) is 0.504. The number of ether oxygens (including phenoxy) is 1. The molecular formula is C24H23BrN2O4. The molecule has 0 spiro atoms. The van der Waals surface area contributed by atoms with E-state index in [-0.39, 0.29) is 17.1 Å². The van der Waals surface area contributed by atoms with Crippen LogP contribution in [0.5, 0.6) is 0 Å². The van der Waals surface area contributed by atoms with E-state index in [2.05, 4.69) is 20.8 Å². The van der Waals surface area contributed by atoms with Gasteiger partial charge in [0.25, 0.3) is 5.91 Å². The van der Waals surface area contributed by atoms with Crippen molar-refractivity contribution in [1.82, 2.24) is 9.80 Å². The maximum atomic E-state index is 13.4.